The summed E-state index contributed by atoms with van der Waals surface area (Å²) in [6.45, 7) is 1.93. The molecule has 2 heterocycles. The van der Waals surface area contributed by atoms with Crippen LogP contribution >= 0.6 is 0 Å². The molecule has 2 rings (SSSR count). The number of carbonyl (C=O) groups excluding carboxylic acids is 1. The van der Waals surface area contributed by atoms with Gasteiger partial charge in [-0.25, -0.2) is 4.79 Å². The van der Waals surface area contributed by atoms with Crippen LogP contribution in [0.5, 0.6) is 0 Å². The van der Waals surface area contributed by atoms with Crippen molar-refractivity contribution in [1.29, 1.82) is 0 Å². The first kappa shape index (κ1) is 8.65. The maximum absolute atomic E-state index is 10.5. The van der Waals surface area contributed by atoms with E-state index >= 15 is 0 Å². The number of carbonyl (C=O) groups is 1. The number of rotatable bonds is 1. The highest BCUT2D eigenvalue weighted by Crippen LogP contribution is 2.24. The molecule has 0 N–H and O–H groups in total. The molecule has 0 aromatic rings. The van der Waals surface area contributed by atoms with Crippen molar-refractivity contribution in [1.82, 2.24) is 0 Å². The summed E-state index contributed by atoms with van der Waals surface area (Å²) in [6, 6.07) is 0. The fourth-order valence-electron chi connectivity index (χ4n) is 1.41. The predicted octanol–water partition coefficient (Wildman–Crippen LogP) is 0.441. The van der Waals surface area contributed by atoms with E-state index in [1.165, 1.54) is 6.92 Å². The van der Waals surface area contributed by atoms with Crippen molar-refractivity contribution >= 4 is 11.7 Å². The lowest BCUT2D eigenvalue weighted by Gasteiger charge is -2.18. The van der Waals surface area contributed by atoms with Crippen LogP contribution in [-0.4, -0.2) is 30.7 Å². The van der Waals surface area contributed by atoms with Gasteiger partial charge in [-0.05, 0) is 12.8 Å². The Hall–Kier alpha value is -0.940. The summed E-state index contributed by atoms with van der Waals surface area (Å²) in [4.78, 5) is 15.0. The largest absolute Gasteiger partial charge is 0.344 e. The van der Waals surface area contributed by atoms with E-state index in [0.717, 1.165) is 12.8 Å². The second-order valence-corrected chi connectivity index (χ2v) is 3.13. The Kier molecular flexibility index (Phi) is 2.28. The van der Waals surface area contributed by atoms with Gasteiger partial charge >= 0.3 is 5.97 Å². The monoisotopic (exact) mass is 185 g/mol. The van der Waals surface area contributed by atoms with Crippen molar-refractivity contribution < 1.29 is 19.1 Å². The van der Waals surface area contributed by atoms with E-state index in [-0.39, 0.29) is 6.10 Å². The normalized spacial score (nSPS) is 35.0. The van der Waals surface area contributed by atoms with Gasteiger partial charge in [0.2, 0.25) is 6.29 Å². The van der Waals surface area contributed by atoms with E-state index < -0.39 is 12.3 Å². The van der Waals surface area contributed by atoms with Gasteiger partial charge in [-0.2, -0.15) is 0 Å². The van der Waals surface area contributed by atoms with Crippen molar-refractivity contribution in [3.8, 4) is 0 Å². The minimum atomic E-state index is -0.423. The summed E-state index contributed by atoms with van der Waals surface area (Å²) in [6.07, 6.45) is 1.47. The van der Waals surface area contributed by atoms with E-state index in [9.17, 15) is 4.79 Å². The molecule has 0 aromatic heterocycles. The number of fused-ring (bicyclic) bond motifs is 2. The molecule has 2 bridgehead atoms. The van der Waals surface area contributed by atoms with Gasteiger partial charge in [0.1, 0.15) is 5.71 Å². The standard InChI is InChI=1S/C8H11NO4/c1-5(10)13-9-7-3-2-6-4-11-8(7)12-6/h6,8H,2-4H2,1H3/b9-7+/t6-,8+/m0/s1. The van der Waals surface area contributed by atoms with Crippen molar-refractivity contribution in [3.05, 3.63) is 0 Å². The van der Waals surface area contributed by atoms with Crippen LogP contribution in [0.3, 0.4) is 0 Å². The van der Waals surface area contributed by atoms with Crippen LogP contribution in [0.2, 0.25) is 0 Å². The highest BCUT2D eigenvalue weighted by atomic mass is 16.7. The molecule has 5 heteroatoms. The average molecular weight is 185 g/mol. The van der Waals surface area contributed by atoms with Gasteiger partial charge in [0, 0.05) is 6.92 Å². The fourth-order valence-corrected chi connectivity index (χ4v) is 1.41. The SMILES string of the molecule is CC(=O)O/N=C1\CC[C@H]2CO[C@@H]1O2. The van der Waals surface area contributed by atoms with E-state index in [4.69, 9.17) is 9.47 Å². The van der Waals surface area contributed by atoms with E-state index in [1.807, 2.05) is 0 Å². The van der Waals surface area contributed by atoms with Crippen LogP contribution in [0.1, 0.15) is 19.8 Å². The Morgan fingerprint density at radius 2 is 2.54 bits per heavy atom. The first-order chi connectivity index (χ1) is 6.25. The molecule has 0 amide bonds. The highest BCUT2D eigenvalue weighted by molar-refractivity contribution is 5.88. The molecular formula is C8H11NO4. The summed E-state index contributed by atoms with van der Waals surface area (Å²) in [5.41, 5.74) is 0.670. The van der Waals surface area contributed by atoms with E-state index in [0.29, 0.717) is 12.3 Å². The maximum atomic E-state index is 10.5. The summed E-state index contributed by atoms with van der Waals surface area (Å²) in [5, 5.41) is 3.68. The van der Waals surface area contributed by atoms with Crippen LogP contribution < -0.4 is 0 Å². The van der Waals surface area contributed by atoms with Crippen LogP contribution in [0, 0.1) is 0 Å². The van der Waals surface area contributed by atoms with E-state index in [1.54, 1.807) is 0 Å². The zero-order chi connectivity index (χ0) is 9.26. The molecule has 13 heavy (non-hydrogen) atoms. The number of oxime groups is 1. The summed E-state index contributed by atoms with van der Waals surface area (Å²) >= 11 is 0. The van der Waals surface area contributed by atoms with Crippen LogP contribution in [-0.2, 0) is 19.1 Å². The van der Waals surface area contributed by atoms with E-state index in [2.05, 4.69) is 9.99 Å². The third kappa shape index (κ3) is 1.87. The van der Waals surface area contributed by atoms with Gasteiger partial charge in [0.05, 0.1) is 12.7 Å². The number of hydrogen-bond acceptors (Lipinski definition) is 5. The number of ether oxygens (including phenoxy) is 2. The predicted molar refractivity (Wildman–Crippen MR) is 43.0 cm³/mol. The van der Waals surface area contributed by atoms with Crippen molar-refractivity contribution in [2.24, 2.45) is 5.16 Å². The maximum Gasteiger partial charge on any atom is 0.331 e. The molecule has 0 spiro atoms. The molecule has 0 unspecified atom stereocenters. The minimum Gasteiger partial charge on any atom is -0.344 e. The zero-order valence-electron chi connectivity index (χ0n) is 7.36. The average Bonchev–Trinajstić information content (AvgIpc) is 2.47. The first-order valence-electron chi connectivity index (χ1n) is 4.27. The Morgan fingerprint density at radius 3 is 3.31 bits per heavy atom. The fraction of sp³-hybridized carbons (Fsp3) is 0.750. The quantitative estimate of drug-likeness (QED) is 0.439. The highest BCUT2D eigenvalue weighted by Gasteiger charge is 2.35. The Balaban J connectivity index is 1.99. The molecule has 0 saturated carbocycles. The van der Waals surface area contributed by atoms with Gasteiger partial charge in [0.25, 0.3) is 0 Å². The van der Waals surface area contributed by atoms with Crippen molar-refractivity contribution in [2.45, 2.75) is 32.2 Å². The summed E-state index contributed by atoms with van der Waals surface area (Å²) in [5.74, 6) is -0.423. The molecule has 0 aromatic carbocycles. The van der Waals surface area contributed by atoms with Gasteiger partial charge in [-0.1, -0.05) is 5.16 Å². The molecule has 2 saturated heterocycles. The van der Waals surface area contributed by atoms with Crippen molar-refractivity contribution in [2.75, 3.05) is 6.61 Å². The Bertz CT molecular complexity index is 251. The van der Waals surface area contributed by atoms with Crippen LogP contribution in [0.15, 0.2) is 5.16 Å². The van der Waals surface area contributed by atoms with Gasteiger partial charge in [0.15, 0.2) is 0 Å². The van der Waals surface area contributed by atoms with Crippen LogP contribution in [0.25, 0.3) is 0 Å². The Morgan fingerprint density at radius 1 is 1.69 bits per heavy atom. The lowest BCUT2D eigenvalue weighted by atomic mass is 10.1. The number of hydrogen-bond donors (Lipinski definition) is 0. The summed E-state index contributed by atoms with van der Waals surface area (Å²) < 4.78 is 10.7. The minimum absolute atomic E-state index is 0.196. The molecular weight excluding hydrogens is 174 g/mol. The first-order valence-corrected chi connectivity index (χ1v) is 4.27. The molecule has 2 atom stereocenters. The second kappa shape index (κ2) is 3.43. The summed E-state index contributed by atoms with van der Waals surface area (Å²) in [7, 11) is 0. The molecule has 2 fully saturated rings. The van der Waals surface area contributed by atoms with Crippen molar-refractivity contribution in [3.63, 3.8) is 0 Å². The zero-order valence-corrected chi connectivity index (χ0v) is 7.36. The smallest absolute Gasteiger partial charge is 0.331 e. The molecule has 72 valence electrons. The lowest BCUT2D eigenvalue weighted by molar-refractivity contribution is -0.141. The topological polar surface area (TPSA) is 57.1 Å². The third-order valence-corrected chi connectivity index (χ3v) is 2.04. The molecule has 0 aliphatic carbocycles. The lowest BCUT2D eigenvalue weighted by Crippen LogP contribution is -2.28. The second-order valence-electron chi connectivity index (χ2n) is 3.13. The molecule has 2 aliphatic heterocycles. The Labute approximate surface area is 75.6 Å². The van der Waals surface area contributed by atoms with Gasteiger partial charge in [-0.15, -0.1) is 0 Å². The molecule has 5 nitrogen and oxygen atoms in total. The van der Waals surface area contributed by atoms with Crippen LogP contribution in [0.4, 0.5) is 0 Å². The molecule has 2 aliphatic rings. The third-order valence-electron chi connectivity index (χ3n) is 2.04. The van der Waals surface area contributed by atoms with Gasteiger partial charge < -0.3 is 14.3 Å². The number of nitrogens with zero attached hydrogens (tertiary/aromatic N) is 1. The molecule has 0 radical (unpaired) electrons. The van der Waals surface area contributed by atoms with Gasteiger partial charge in [-0.3, -0.25) is 0 Å².